The highest BCUT2D eigenvalue weighted by Gasteiger charge is 2.20. The molecule has 0 saturated carbocycles. The van der Waals surface area contributed by atoms with Crippen LogP contribution in [-0.2, 0) is 0 Å². The van der Waals surface area contributed by atoms with Gasteiger partial charge in [0.1, 0.15) is 17.2 Å². The predicted octanol–water partition coefficient (Wildman–Crippen LogP) is 2.91. The van der Waals surface area contributed by atoms with E-state index in [1.54, 1.807) is 18.2 Å². The molecule has 4 rings (SSSR count). The fourth-order valence-corrected chi connectivity index (χ4v) is 2.86. The summed E-state index contributed by atoms with van der Waals surface area (Å²) in [6.45, 7) is 1.56. The highest BCUT2D eigenvalue weighted by Crippen LogP contribution is 2.26. The molecule has 0 aliphatic heterocycles. The maximum Gasteiger partial charge on any atom is 0.161 e. The predicted molar refractivity (Wildman–Crippen MR) is 94.9 cm³/mol. The molecule has 9 heteroatoms. The van der Waals surface area contributed by atoms with E-state index in [4.69, 9.17) is 0 Å². The van der Waals surface area contributed by atoms with Crippen LogP contribution in [0.15, 0.2) is 42.6 Å². The van der Waals surface area contributed by atoms with Gasteiger partial charge in [0.2, 0.25) is 0 Å². The number of nitrogens with zero attached hydrogens (tertiary/aromatic N) is 4. The van der Waals surface area contributed by atoms with Gasteiger partial charge in [-0.1, -0.05) is 12.1 Å². The van der Waals surface area contributed by atoms with Crippen LogP contribution in [-0.4, -0.2) is 36.5 Å². The van der Waals surface area contributed by atoms with Crippen molar-refractivity contribution in [2.75, 3.05) is 11.9 Å². The van der Waals surface area contributed by atoms with Crippen molar-refractivity contribution in [3.05, 3.63) is 71.3 Å². The van der Waals surface area contributed by atoms with Gasteiger partial charge in [-0.2, -0.15) is 10.2 Å². The number of anilines is 2. The molecule has 0 spiro atoms. The van der Waals surface area contributed by atoms with Crippen LogP contribution in [0, 0.1) is 18.6 Å². The zero-order valence-electron chi connectivity index (χ0n) is 14.3. The Labute approximate surface area is 152 Å². The molecule has 3 N–H and O–H groups in total. The van der Waals surface area contributed by atoms with Gasteiger partial charge in [0, 0.05) is 17.8 Å². The lowest BCUT2D eigenvalue weighted by atomic mass is 9.99. The summed E-state index contributed by atoms with van der Waals surface area (Å²) in [5.41, 5.74) is 1.92. The van der Waals surface area contributed by atoms with E-state index in [-0.39, 0.29) is 18.2 Å². The van der Waals surface area contributed by atoms with E-state index in [0.717, 1.165) is 5.69 Å². The van der Waals surface area contributed by atoms with Crippen molar-refractivity contribution in [3.8, 4) is 0 Å². The Morgan fingerprint density at radius 3 is 2.63 bits per heavy atom. The highest BCUT2D eigenvalue weighted by molar-refractivity contribution is 5.72. The van der Waals surface area contributed by atoms with Crippen LogP contribution in [0.1, 0.15) is 23.0 Å². The number of rotatable bonds is 5. The first kappa shape index (κ1) is 17.1. The second-order valence-corrected chi connectivity index (χ2v) is 6.15. The van der Waals surface area contributed by atoms with Gasteiger partial charge < -0.3 is 10.4 Å². The zero-order chi connectivity index (χ0) is 19.0. The fraction of sp³-hybridized carbons (Fsp3) is 0.167. The topological polar surface area (TPSA) is 91.1 Å². The lowest BCUT2D eigenvalue weighted by molar-refractivity contribution is 0.276. The Bertz CT molecular complexity index is 1090. The van der Waals surface area contributed by atoms with E-state index in [9.17, 15) is 13.9 Å². The summed E-state index contributed by atoms with van der Waals surface area (Å²) in [4.78, 5) is 4.47. The quantitative estimate of drug-likeness (QED) is 0.502. The second-order valence-electron chi connectivity index (χ2n) is 6.15. The van der Waals surface area contributed by atoms with E-state index in [1.165, 1.54) is 28.9 Å². The molecule has 0 bridgehead atoms. The number of aliphatic hydroxyl groups excluding tert-OH is 1. The summed E-state index contributed by atoms with van der Waals surface area (Å²) in [7, 11) is 0. The van der Waals surface area contributed by atoms with Crippen LogP contribution >= 0.6 is 0 Å². The summed E-state index contributed by atoms with van der Waals surface area (Å²) >= 11 is 0. The summed E-state index contributed by atoms with van der Waals surface area (Å²) in [6.07, 6.45) is 1.22. The van der Waals surface area contributed by atoms with E-state index < -0.39 is 11.7 Å². The maximum atomic E-state index is 13.8. The fourth-order valence-electron chi connectivity index (χ4n) is 2.86. The molecule has 3 heterocycles. The van der Waals surface area contributed by atoms with Gasteiger partial charge in [-0.3, -0.25) is 5.10 Å². The average molecular weight is 370 g/mol. The Kier molecular flexibility index (Phi) is 4.28. The van der Waals surface area contributed by atoms with Crippen LogP contribution in [0.3, 0.4) is 0 Å². The Morgan fingerprint density at radius 1 is 1.19 bits per heavy atom. The van der Waals surface area contributed by atoms with Crippen LogP contribution < -0.4 is 5.32 Å². The SMILES string of the molecule is Cc1cc(Nc2nc(C(CO)c3ccc(F)cc3)nn3cc(F)cc23)n[nH]1. The van der Waals surface area contributed by atoms with E-state index in [1.807, 2.05) is 6.92 Å². The molecule has 0 fully saturated rings. The van der Waals surface area contributed by atoms with Gasteiger partial charge >= 0.3 is 0 Å². The molecular weight excluding hydrogens is 354 g/mol. The standard InChI is InChI=1S/C18H16F2N6O/c1-10-6-16(24-23-10)21-18-15-7-13(20)8-26(15)25-17(22-18)14(9-27)11-2-4-12(19)5-3-11/h2-8,14,27H,9H2,1H3,(H2,21,22,23,24,25). The first-order valence-electron chi connectivity index (χ1n) is 8.24. The average Bonchev–Trinajstić information content (AvgIpc) is 3.22. The molecule has 0 aliphatic rings. The van der Waals surface area contributed by atoms with Crippen LogP contribution in [0.25, 0.3) is 5.52 Å². The van der Waals surface area contributed by atoms with Crippen LogP contribution in [0.2, 0.25) is 0 Å². The Morgan fingerprint density at radius 2 is 1.96 bits per heavy atom. The number of halogens is 2. The number of hydrogen-bond donors (Lipinski definition) is 3. The summed E-state index contributed by atoms with van der Waals surface area (Å²) in [5, 5.41) is 24.1. The molecule has 1 atom stereocenters. The number of aromatic nitrogens is 5. The first-order valence-corrected chi connectivity index (χ1v) is 8.24. The van der Waals surface area contributed by atoms with Gasteiger partial charge in [-0.25, -0.2) is 18.3 Å². The number of benzene rings is 1. The van der Waals surface area contributed by atoms with E-state index in [2.05, 4.69) is 25.6 Å². The third-order valence-electron chi connectivity index (χ3n) is 4.17. The van der Waals surface area contributed by atoms with Crippen molar-refractivity contribution < 1.29 is 13.9 Å². The molecule has 3 aromatic heterocycles. The molecule has 27 heavy (non-hydrogen) atoms. The molecule has 0 saturated heterocycles. The lowest BCUT2D eigenvalue weighted by Gasteiger charge is -2.15. The largest absolute Gasteiger partial charge is 0.395 e. The Balaban J connectivity index is 1.81. The van der Waals surface area contributed by atoms with Crippen molar-refractivity contribution in [2.24, 2.45) is 0 Å². The zero-order valence-corrected chi connectivity index (χ0v) is 14.3. The van der Waals surface area contributed by atoms with Crippen LogP contribution in [0.5, 0.6) is 0 Å². The molecule has 7 nitrogen and oxygen atoms in total. The normalized spacial score (nSPS) is 12.4. The molecule has 0 radical (unpaired) electrons. The molecule has 1 unspecified atom stereocenters. The van der Waals surface area contributed by atoms with Crippen molar-refractivity contribution in [1.82, 2.24) is 24.8 Å². The smallest absolute Gasteiger partial charge is 0.161 e. The number of nitrogens with one attached hydrogen (secondary N) is 2. The summed E-state index contributed by atoms with van der Waals surface area (Å²) < 4.78 is 28.4. The molecule has 138 valence electrons. The number of aliphatic hydroxyl groups is 1. The number of aromatic amines is 1. The third-order valence-corrected chi connectivity index (χ3v) is 4.17. The van der Waals surface area contributed by atoms with Crippen molar-refractivity contribution >= 4 is 17.2 Å². The molecular formula is C18H16F2N6O. The molecule has 1 aromatic carbocycles. The van der Waals surface area contributed by atoms with Crippen molar-refractivity contribution in [1.29, 1.82) is 0 Å². The first-order chi connectivity index (χ1) is 13.0. The van der Waals surface area contributed by atoms with Gasteiger partial charge in [0.25, 0.3) is 0 Å². The highest BCUT2D eigenvalue weighted by atomic mass is 19.1. The third kappa shape index (κ3) is 3.36. The van der Waals surface area contributed by atoms with E-state index in [0.29, 0.717) is 22.7 Å². The minimum absolute atomic E-state index is 0.266. The Hall–Kier alpha value is -3.33. The molecule has 0 amide bonds. The van der Waals surface area contributed by atoms with Crippen LogP contribution in [0.4, 0.5) is 20.4 Å². The van der Waals surface area contributed by atoms with Gasteiger partial charge in [-0.15, -0.1) is 0 Å². The second kappa shape index (κ2) is 6.76. The number of H-pyrrole nitrogens is 1. The number of fused-ring (bicyclic) bond motifs is 1. The van der Waals surface area contributed by atoms with E-state index >= 15 is 0 Å². The molecule has 0 aliphatic carbocycles. The number of aryl methyl sites for hydroxylation is 1. The molecule has 4 aromatic rings. The monoisotopic (exact) mass is 370 g/mol. The minimum atomic E-state index is -0.595. The summed E-state index contributed by atoms with van der Waals surface area (Å²) in [6, 6.07) is 8.81. The maximum absolute atomic E-state index is 13.8. The van der Waals surface area contributed by atoms with Gasteiger partial charge in [0.15, 0.2) is 17.5 Å². The number of hydrogen-bond acceptors (Lipinski definition) is 5. The lowest BCUT2D eigenvalue weighted by Crippen LogP contribution is -2.14. The van der Waals surface area contributed by atoms with Gasteiger partial charge in [-0.05, 0) is 24.6 Å². The summed E-state index contributed by atoms with van der Waals surface area (Å²) in [5.74, 6) is -0.316. The van der Waals surface area contributed by atoms with Crippen molar-refractivity contribution in [3.63, 3.8) is 0 Å². The van der Waals surface area contributed by atoms with Crippen molar-refractivity contribution in [2.45, 2.75) is 12.8 Å². The minimum Gasteiger partial charge on any atom is -0.395 e. The van der Waals surface area contributed by atoms with Gasteiger partial charge in [0.05, 0.1) is 18.7 Å².